The second kappa shape index (κ2) is 9.93. The van der Waals surface area contributed by atoms with Gasteiger partial charge >= 0.3 is 0 Å². The Bertz CT molecular complexity index is 1470. The zero-order chi connectivity index (χ0) is 25.1. The molecule has 0 aliphatic carbocycles. The molecule has 7 nitrogen and oxygen atoms in total. The van der Waals surface area contributed by atoms with E-state index in [2.05, 4.69) is 10.3 Å². The summed E-state index contributed by atoms with van der Waals surface area (Å²) in [6.07, 6.45) is 0. The molecule has 0 spiro atoms. The Labute approximate surface area is 204 Å². The number of aryl methyl sites for hydroxylation is 3. The number of hydrogen-bond acceptors (Lipinski definition) is 4. The van der Waals surface area contributed by atoms with Crippen molar-refractivity contribution < 1.29 is 9.59 Å². The maximum absolute atomic E-state index is 13.6. The number of anilines is 2. The second-order valence-corrected chi connectivity index (χ2v) is 8.75. The smallest absolute Gasteiger partial charge is 0.294 e. The summed E-state index contributed by atoms with van der Waals surface area (Å²) in [7, 11) is 0. The summed E-state index contributed by atoms with van der Waals surface area (Å²) in [6, 6.07) is 20.5. The van der Waals surface area contributed by atoms with Crippen LogP contribution in [0.15, 0.2) is 71.5 Å². The van der Waals surface area contributed by atoms with Crippen LogP contribution in [0.3, 0.4) is 0 Å². The lowest BCUT2D eigenvalue weighted by atomic mass is 10.1. The van der Waals surface area contributed by atoms with E-state index >= 15 is 0 Å². The third-order valence-corrected chi connectivity index (χ3v) is 6.02. The van der Waals surface area contributed by atoms with E-state index in [1.165, 1.54) is 16.4 Å². The van der Waals surface area contributed by atoms with Gasteiger partial charge in [0.2, 0.25) is 17.6 Å². The summed E-state index contributed by atoms with van der Waals surface area (Å²) < 4.78 is 1.37. The molecular formula is C28H28N4O3. The largest absolute Gasteiger partial charge is 0.325 e. The van der Waals surface area contributed by atoms with Gasteiger partial charge in [-0.1, -0.05) is 48.0 Å². The molecule has 0 saturated heterocycles. The number of carbonyl (C=O) groups is 2. The second-order valence-electron chi connectivity index (χ2n) is 8.75. The number of nitrogens with zero attached hydrogens (tertiary/aromatic N) is 3. The minimum Gasteiger partial charge on any atom is -0.325 e. The highest BCUT2D eigenvalue weighted by Crippen LogP contribution is 2.18. The normalized spacial score (nSPS) is 10.9. The molecule has 4 rings (SSSR count). The molecule has 0 aliphatic heterocycles. The maximum atomic E-state index is 13.6. The number of benzene rings is 3. The molecule has 1 N–H and O–H groups in total. The molecule has 4 aromatic rings. The number of nitrogens with one attached hydrogen (secondary N) is 1. The summed E-state index contributed by atoms with van der Waals surface area (Å²) in [5.74, 6) is -0.655. The molecule has 0 fully saturated rings. The summed E-state index contributed by atoms with van der Waals surface area (Å²) in [5.41, 5.74) is 5.37. The van der Waals surface area contributed by atoms with Gasteiger partial charge in [-0.05, 0) is 61.7 Å². The van der Waals surface area contributed by atoms with E-state index in [0.717, 1.165) is 22.3 Å². The van der Waals surface area contributed by atoms with Crippen LogP contribution in [-0.4, -0.2) is 21.4 Å². The molecule has 0 aliphatic rings. The van der Waals surface area contributed by atoms with Gasteiger partial charge in [-0.3, -0.25) is 23.9 Å². The van der Waals surface area contributed by atoms with Crippen LogP contribution in [0.1, 0.15) is 29.2 Å². The molecule has 0 saturated carbocycles. The van der Waals surface area contributed by atoms with Gasteiger partial charge in [0.05, 0.1) is 17.6 Å². The van der Waals surface area contributed by atoms with E-state index in [1.807, 2.05) is 63.2 Å². The molecule has 3 aromatic carbocycles. The van der Waals surface area contributed by atoms with Gasteiger partial charge in [0.15, 0.2) is 0 Å². The Morgan fingerprint density at radius 2 is 1.66 bits per heavy atom. The quantitative estimate of drug-likeness (QED) is 0.451. The Morgan fingerprint density at radius 1 is 0.943 bits per heavy atom. The van der Waals surface area contributed by atoms with Crippen molar-refractivity contribution in [3.05, 3.63) is 99.3 Å². The van der Waals surface area contributed by atoms with Crippen molar-refractivity contribution >= 4 is 34.4 Å². The number of fused-ring (bicyclic) bond motifs is 1. The lowest BCUT2D eigenvalue weighted by molar-refractivity contribution is -0.117. The molecular weight excluding hydrogens is 440 g/mol. The highest BCUT2D eigenvalue weighted by molar-refractivity contribution is 5.93. The Hall–Kier alpha value is -4.26. The van der Waals surface area contributed by atoms with Crippen LogP contribution in [0, 0.1) is 20.8 Å². The van der Waals surface area contributed by atoms with Crippen molar-refractivity contribution in [1.82, 2.24) is 9.55 Å². The van der Waals surface area contributed by atoms with Crippen molar-refractivity contribution in [1.29, 1.82) is 0 Å². The molecule has 7 heteroatoms. The molecule has 1 aromatic heterocycles. The van der Waals surface area contributed by atoms with Crippen molar-refractivity contribution in [2.24, 2.45) is 0 Å². The lowest BCUT2D eigenvalue weighted by Gasteiger charge is -2.21. The first-order valence-electron chi connectivity index (χ1n) is 11.4. The molecule has 0 atom stereocenters. The number of rotatable bonds is 6. The zero-order valence-electron chi connectivity index (χ0n) is 20.3. The highest BCUT2D eigenvalue weighted by Gasteiger charge is 2.22. The van der Waals surface area contributed by atoms with Gasteiger partial charge in [-0.2, -0.15) is 0 Å². The maximum Gasteiger partial charge on any atom is 0.294 e. The summed E-state index contributed by atoms with van der Waals surface area (Å²) in [4.78, 5) is 45.0. The van der Waals surface area contributed by atoms with Crippen LogP contribution in [0.4, 0.5) is 11.5 Å². The molecule has 0 bridgehead atoms. The predicted octanol–water partition coefficient (Wildman–Crippen LogP) is 4.51. The molecule has 178 valence electrons. The SMILES string of the molecule is CC(=O)N(Cc1ccc(C)cc1)c1nc2ccccc2n(CC(=O)Nc2ccc(C)c(C)c2)c1=O. The minimum absolute atomic E-state index is 0.00393. The average Bonchev–Trinajstić information content (AvgIpc) is 2.82. The van der Waals surface area contributed by atoms with Crippen LogP contribution in [0.5, 0.6) is 0 Å². The van der Waals surface area contributed by atoms with Gasteiger partial charge in [0.1, 0.15) is 6.54 Å². The van der Waals surface area contributed by atoms with Crippen LogP contribution in [-0.2, 0) is 22.7 Å². The zero-order valence-corrected chi connectivity index (χ0v) is 20.3. The summed E-state index contributed by atoms with van der Waals surface area (Å²) in [6.45, 7) is 7.36. The number of aromatic nitrogens is 2. The lowest BCUT2D eigenvalue weighted by Crippen LogP contribution is -2.38. The van der Waals surface area contributed by atoms with Crippen molar-refractivity contribution in [2.45, 2.75) is 40.8 Å². The van der Waals surface area contributed by atoms with Gasteiger partial charge < -0.3 is 5.32 Å². The van der Waals surface area contributed by atoms with Crippen molar-refractivity contribution in [2.75, 3.05) is 10.2 Å². The van der Waals surface area contributed by atoms with Crippen LogP contribution < -0.4 is 15.8 Å². The van der Waals surface area contributed by atoms with Gasteiger partial charge in [-0.25, -0.2) is 4.98 Å². The highest BCUT2D eigenvalue weighted by atomic mass is 16.2. The monoisotopic (exact) mass is 468 g/mol. The van der Waals surface area contributed by atoms with Gasteiger partial charge in [0.25, 0.3) is 5.56 Å². The third-order valence-electron chi connectivity index (χ3n) is 6.02. The number of carbonyl (C=O) groups excluding carboxylic acids is 2. The first-order valence-corrected chi connectivity index (χ1v) is 11.4. The fourth-order valence-corrected chi connectivity index (χ4v) is 3.89. The Kier molecular flexibility index (Phi) is 6.78. The number of para-hydroxylation sites is 2. The van der Waals surface area contributed by atoms with Gasteiger partial charge in [0, 0.05) is 12.6 Å². The average molecular weight is 469 g/mol. The molecule has 0 radical (unpaired) electrons. The fourth-order valence-electron chi connectivity index (χ4n) is 3.89. The fraction of sp³-hybridized carbons (Fsp3) is 0.214. The summed E-state index contributed by atoms with van der Waals surface area (Å²) >= 11 is 0. The van der Waals surface area contributed by atoms with Gasteiger partial charge in [-0.15, -0.1) is 0 Å². The topological polar surface area (TPSA) is 84.3 Å². The third kappa shape index (κ3) is 5.30. The van der Waals surface area contributed by atoms with E-state index < -0.39 is 5.56 Å². The van der Waals surface area contributed by atoms with Crippen molar-refractivity contribution in [3.8, 4) is 0 Å². The van der Waals surface area contributed by atoms with E-state index in [9.17, 15) is 14.4 Å². The molecule has 1 heterocycles. The van der Waals surface area contributed by atoms with Crippen molar-refractivity contribution in [3.63, 3.8) is 0 Å². The number of hydrogen-bond donors (Lipinski definition) is 1. The Morgan fingerprint density at radius 3 is 2.34 bits per heavy atom. The van der Waals surface area contributed by atoms with E-state index in [1.54, 1.807) is 24.3 Å². The van der Waals surface area contributed by atoms with Crippen LogP contribution in [0.25, 0.3) is 11.0 Å². The first-order chi connectivity index (χ1) is 16.7. The van der Waals surface area contributed by atoms with Crippen LogP contribution in [0.2, 0.25) is 0 Å². The van der Waals surface area contributed by atoms with Crippen LogP contribution >= 0.6 is 0 Å². The Balaban J connectivity index is 1.72. The van der Waals surface area contributed by atoms with E-state index in [4.69, 9.17) is 0 Å². The molecule has 2 amide bonds. The number of amides is 2. The van der Waals surface area contributed by atoms with E-state index in [0.29, 0.717) is 16.7 Å². The molecule has 0 unspecified atom stereocenters. The molecule has 35 heavy (non-hydrogen) atoms. The first kappa shape index (κ1) is 23.9. The summed E-state index contributed by atoms with van der Waals surface area (Å²) in [5, 5.41) is 2.87. The minimum atomic E-state index is -0.499. The predicted molar refractivity (Wildman–Crippen MR) is 139 cm³/mol. The standard InChI is InChI=1S/C28H28N4O3/c1-18-9-12-22(13-10-18)16-31(21(4)33)27-28(35)32(25-8-6-5-7-24(25)30-27)17-26(34)29-23-14-11-19(2)20(3)15-23/h5-15H,16-17H2,1-4H3,(H,29,34). The van der Waals surface area contributed by atoms with E-state index in [-0.39, 0.29) is 30.7 Å².